The van der Waals surface area contributed by atoms with Crippen molar-refractivity contribution in [2.45, 2.75) is 39.5 Å². The maximum absolute atomic E-state index is 12.5. The molecule has 1 atom stereocenters. The van der Waals surface area contributed by atoms with Crippen molar-refractivity contribution in [3.63, 3.8) is 0 Å². The third kappa shape index (κ3) is 4.73. The van der Waals surface area contributed by atoms with E-state index >= 15 is 0 Å². The van der Waals surface area contributed by atoms with Crippen LogP contribution in [-0.2, 0) is 15.8 Å². The Morgan fingerprint density at radius 3 is 2.21 bits per heavy atom. The van der Waals surface area contributed by atoms with E-state index in [1.54, 1.807) is 18.2 Å². The second-order valence-corrected chi connectivity index (χ2v) is 8.71. The van der Waals surface area contributed by atoms with Crippen LogP contribution in [0.1, 0.15) is 40.8 Å². The van der Waals surface area contributed by atoms with E-state index in [1.807, 2.05) is 33.8 Å². The second kappa shape index (κ2) is 7.44. The molecule has 2 aromatic rings. The van der Waals surface area contributed by atoms with Gasteiger partial charge in [-0.2, -0.15) is 0 Å². The number of nitrogens with one attached hydrogen (secondary N) is 1. The van der Waals surface area contributed by atoms with Crippen molar-refractivity contribution in [2.75, 3.05) is 0 Å². The lowest BCUT2D eigenvalue weighted by Gasteiger charge is -2.18. The van der Waals surface area contributed by atoms with Crippen LogP contribution >= 0.6 is 23.2 Å². The van der Waals surface area contributed by atoms with Crippen molar-refractivity contribution in [1.29, 1.82) is 0 Å². The molecule has 0 spiro atoms. The molecule has 6 heteroatoms. The molecule has 2 rings (SSSR count). The fourth-order valence-electron chi connectivity index (χ4n) is 2.67. The van der Waals surface area contributed by atoms with Gasteiger partial charge in [0.15, 0.2) is 0 Å². The smallest absolute Gasteiger partial charge is 0.212 e. The first kappa shape index (κ1) is 19.3. The predicted molar refractivity (Wildman–Crippen MR) is 101 cm³/mol. The van der Waals surface area contributed by atoms with E-state index in [4.69, 9.17) is 23.2 Å². The summed E-state index contributed by atoms with van der Waals surface area (Å²) < 4.78 is 27.7. The molecule has 3 nitrogen and oxygen atoms in total. The topological polar surface area (TPSA) is 46.2 Å². The zero-order valence-corrected chi connectivity index (χ0v) is 16.5. The summed E-state index contributed by atoms with van der Waals surface area (Å²) in [6, 6.07) is 8.66. The lowest BCUT2D eigenvalue weighted by Crippen LogP contribution is -2.28. The van der Waals surface area contributed by atoms with Gasteiger partial charge in [-0.1, -0.05) is 41.4 Å². The third-order valence-electron chi connectivity index (χ3n) is 4.05. The van der Waals surface area contributed by atoms with Crippen LogP contribution in [0.15, 0.2) is 30.3 Å². The lowest BCUT2D eigenvalue weighted by atomic mass is 9.97. The molecule has 130 valence electrons. The molecule has 0 aromatic heterocycles. The Bertz CT molecular complexity index is 864. The lowest BCUT2D eigenvalue weighted by molar-refractivity contribution is 0.565. The molecule has 0 bridgehead atoms. The molecule has 0 saturated carbocycles. The van der Waals surface area contributed by atoms with E-state index in [-0.39, 0.29) is 11.8 Å². The standard InChI is InChI=1S/C18H21Cl2NO2S/c1-11-7-13(3)16(8-12(11)2)14(4)21-24(22,23)10-15-5-6-17(19)18(20)9-15/h5-9,14,21H,10H2,1-4H3/t14-/m0/s1. The van der Waals surface area contributed by atoms with Gasteiger partial charge in [0.05, 0.1) is 15.8 Å². The highest BCUT2D eigenvalue weighted by Crippen LogP contribution is 2.25. The van der Waals surface area contributed by atoms with Gasteiger partial charge in [0.25, 0.3) is 0 Å². The average molecular weight is 386 g/mol. The molecule has 0 amide bonds. The minimum Gasteiger partial charge on any atom is -0.212 e. The minimum absolute atomic E-state index is 0.141. The number of aryl methyl sites for hydroxylation is 3. The van der Waals surface area contributed by atoms with E-state index in [2.05, 4.69) is 10.8 Å². The molecule has 0 aliphatic heterocycles. The number of sulfonamides is 1. The van der Waals surface area contributed by atoms with Crippen molar-refractivity contribution >= 4 is 33.2 Å². The largest absolute Gasteiger partial charge is 0.216 e. The van der Waals surface area contributed by atoms with Crippen LogP contribution in [0.25, 0.3) is 0 Å². The van der Waals surface area contributed by atoms with Crippen LogP contribution < -0.4 is 4.72 Å². The quantitative estimate of drug-likeness (QED) is 0.777. The Morgan fingerprint density at radius 1 is 0.958 bits per heavy atom. The summed E-state index contributed by atoms with van der Waals surface area (Å²) in [5.41, 5.74) is 4.99. The summed E-state index contributed by atoms with van der Waals surface area (Å²) in [6.45, 7) is 7.91. The summed E-state index contributed by atoms with van der Waals surface area (Å²) in [7, 11) is -3.50. The molecular weight excluding hydrogens is 365 g/mol. The van der Waals surface area contributed by atoms with E-state index < -0.39 is 10.0 Å². The highest BCUT2D eigenvalue weighted by atomic mass is 35.5. The van der Waals surface area contributed by atoms with Gasteiger partial charge in [-0.3, -0.25) is 0 Å². The summed E-state index contributed by atoms with van der Waals surface area (Å²) in [4.78, 5) is 0. The number of hydrogen-bond acceptors (Lipinski definition) is 2. The SMILES string of the molecule is Cc1cc(C)c([C@H](C)NS(=O)(=O)Cc2ccc(Cl)c(Cl)c2)cc1C. The summed E-state index contributed by atoms with van der Waals surface area (Å²) in [6.07, 6.45) is 0. The maximum atomic E-state index is 12.5. The summed E-state index contributed by atoms with van der Waals surface area (Å²) >= 11 is 11.8. The van der Waals surface area contributed by atoms with Crippen LogP contribution in [0.5, 0.6) is 0 Å². The van der Waals surface area contributed by atoms with Crippen LogP contribution in [0, 0.1) is 20.8 Å². The van der Waals surface area contributed by atoms with Crippen LogP contribution in [0.2, 0.25) is 10.0 Å². The molecule has 0 fully saturated rings. The van der Waals surface area contributed by atoms with Crippen LogP contribution in [0.3, 0.4) is 0 Å². The van der Waals surface area contributed by atoms with Crippen molar-refractivity contribution in [1.82, 2.24) is 4.72 Å². The van der Waals surface area contributed by atoms with Crippen molar-refractivity contribution in [3.05, 3.63) is 68.2 Å². The van der Waals surface area contributed by atoms with E-state index in [0.29, 0.717) is 15.6 Å². The third-order valence-corrected chi connectivity index (χ3v) is 6.21. The van der Waals surface area contributed by atoms with Crippen LogP contribution in [-0.4, -0.2) is 8.42 Å². The monoisotopic (exact) mass is 385 g/mol. The van der Waals surface area contributed by atoms with Gasteiger partial charge in [-0.05, 0) is 67.6 Å². The van der Waals surface area contributed by atoms with Gasteiger partial charge in [-0.25, -0.2) is 13.1 Å². The Morgan fingerprint density at radius 2 is 1.58 bits per heavy atom. The average Bonchev–Trinajstić information content (AvgIpc) is 2.45. The molecule has 0 aliphatic rings. The molecule has 0 saturated heterocycles. The number of halogens is 2. The van der Waals surface area contributed by atoms with Crippen molar-refractivity contribution < 1.29 is 8.42 Å². The van der Waals surface area contributed by atoms with E-state index in [0.717, 1.165) is 16.7 Å². The number of benzene rings is 2. The Balaban J connectivity index is 2.19. The van der Waals surface area contributed by atoms with Crippen molar-refractivity contribution in [2.24, 2.45) is 0 Å². The number of rotatable bonds is 5. The molecule has 0 heterocycles. The first-order chi connectivity index (χ1) is 11.1. The predicted octanol–water partition coefficient (Wildman–Crippen LogP) is 5.10. The summed E-state index contributed by atoms with van der Waals surface area (Å²) in [5.74, 6) is -0.141. The highest BCUT2D eigenvalue weighted by Gasteiger charge is 2.19. The maximum Gasteiger partial charge on any atom is 0.216 e. The molecule has 0 unspecified atom stereocenters. The Hall–Kier alpha value is -1.07. The zero-order valence-electron chi connectivity index (χ0n) is 14.2. The molecule has 1 N–H and O–H groups in total. The van der Waals surface area contributed by atoms with E-state index in [9.17, 15) is 8.42 Å². The molecule has 0 aliphatic carbocycles. The van der Waals surface area contributed by atoms with Gasteiger partial charge < -0.3 is 0 Å². The zero-order chi connectivity index (χ0) is 18.1. The fraction of sp³-hybridized carbons (Fsp3) is 0.333. The first-order valence-corrected chi connectivity index (χ1v) is 10.0. The molecule has 2 aromatic carbocycles. The van der Waals surface area contributed by atoms with Crippen molar-refractivity contribution in [3.8, 4) is 0 Å². The minimum atomic E-state index is -3.50. The Labute approximate surface area is 154 Å². The van der Waals surface area contributed by atoms with Gasteiger partial charge in [-0.15, -0.1) is 0 Å². The molecular formula is C18H21Cl2NO2S. The van der Waals surface area contributed by atoms with E-state index in [1.165, 1.54) is 5.56 Å². The molecule has 24 heavy (non-hydrogen) atoms. The van der Waals surface area contributed by atoms with Gasteiger partial charge in [0.2, 0.25) is 10.0 Å². The van der Waals surface area contributed by atoms with Gasteiger partial charge >= 0.3 is 0 Å². The normalized spacial score (nSPS) is 13.1. The van der Waals surface area contributed by atoms with Crippen LogP contribution in [0.4, 0.5) is 0 Å². The fourth-order valence-corrected chi connectivity index (χ4v) is 4.36. The molecule has 0 radical (unpaired) electrons. The Kier molecular flexibility index (Phi) is 5.97. The second-order valence-electron chi connectivity index (χ2n) is 6.14. The number of hydrogen-bond donors (Lipinski definition) is 1. The highest BCUT2D eigenvalue weighted by molar-refractivity contribution is 7.88. The van der Waals surface area contributed by atoms with Gasteiger partial charge in [0.1, 0.15) is 0 Å². The van der Waals surface area contributed by atoms with Gasteiger partial charge in [0, 0.05) is 6.04 Å². The summed E-state index contributed by atoms with van der Waals surface area (Å²) in [5, 5.41) is 0.757. The first-order valence-electron chi connectivity index (χ1n) is 7.61.